The summed E-state index contributed by atoms with van der Waals surface area (Å²) in [6.45, 7) is 3.93. The van der Waals surface area contributed by atoms with Crippen LogP contribution < -0.4 is 5.32 Å². The lowest BCUT2D eigenvalue weighted by Crippen LogP contribution is -2.37. The van der Waals surface area contributed by atoms with E-state index in [4.69, 9.17) is 5.26 Å². The van der Waals surface area contributed by atoms with Gasteiger partial charge in [-0.05, 0) is 45.6 Å². The molecule has 1 heterocycles. The fourth-order valence-electron chi connectivity index (χ4n) is 1.56. The highest BCUT2D eigenvalue weighted by atomic mass is 32.2. The Kier molecular flexibility index (Phi) is 5.03. The molecule has 0 spiro atoms. The zero-order valence-electron chi connectivity index (χ0n) is 10.9. The highest BCUT2D eigenvalue weighted by Gasteiger charge is 2.20. The number of nitrogens with one attached hydrogen (secondary N) is 1. The number of hydrogen-bond donors (Lipinski definition) is 1. The number of rotatable bonds is 6. The Morgan fingerprint density at radius 2 is 2.35 bits per heavy atom. The van der Waals surface area contributed by atoms with Crippen LogP contribution in [0.2, 0.25) is 0 Å². The van der Waals surface area contributed by atoms with Crippen LogP contribution in [0.15, 0.2) is 11.1 Å². The normalized spacial score (nSPS) is 14.3. The first-order valence-electron chi connectivity index (χ1n) is 5.74. The third kappa shape index (κ3) is 4.06. The molecule has 5 heteroatoms. The predicted octanol–water partition coefficient (Wildman–Crippen LogP) is 2.10. The van der Waals surface area contributed by atoms with E-state index in [9.17, 15) is 0 Å². The Morgan fingerprint density at radius 1 is 1.65 bits per heavy atom. The third-order valence-corrected chi connectivity index (χ3v) is 4.00. The topological polar surface area (TPSA) is 53.6 Å². The molecule has 0 aliphatic carbocycles. The third-order valence-electron chi connectivity index (χ3n) is 2.83. The van der Waals surface area contributed by atoms with Crippen molar-refractivity contribution in [2.45, 2.75) is 37.3 Å². The first-order valence-corrected chi connectivity index (χ1v) is 6.73. The molecular formula is C12H20N4S. The molecule has 0 saturated heterocycles. The van der Waals surface area contributed by atoms with Gasteiger partial charge in [-0.15, -0.1) is 11.8 Å². The van der Waals surface area contributed by atoms with Crippen LogP contribution in [0.4, 0.5) is 0 Å². The monoisotopic (exact) mass is 252 g/mol. The van der Waals surface area contributed by atoms with Gasteiger partial charge in [0.2, 0.25) is 0 Å². The second-order valence-corrected chi connectivity index (χ2v) is 5.51. The molecule has 0 bridgehead atoms. The zero-order chi connectivity index (χ0) is 12.9. The van der Waals surface area contributed by atoms with Crippen LogP contribution in [0, 0.1) is 18.3 Å². The molecule has 0 fully saturated rings. The van der Waals surface area contributed by atoms with Crippen molar-refractivity contribution in [1.29, 1.82) is 5.26 Å². The minimum Gasteiger partial charge on any atom is -0.303 e. The first kappa shape index (κ1) is 14.1. The van der Waals surface area contributed by atoms with Crippen molar-refractivity contribution in [3.05, 3.63) is 11.8 Å². The smallest absolute Gasteiger partial charge is 0.103 e. The summed E-state index contributed by atoms with van der Waals surface area (Å²) in [4.78, 5) is 0. The molecular weight excluding hydrogens is 232 g/mol. The minimum atomic E-state index is -0.400. The predicted molar refractivity (Wildman–Crippen MR) is 71.0 cm³/mol. The van der Waals surface area contributed by atoms with Crippen LogP contribution in [0.5, 0.6) is 0 Å². The minimum absolute atomic E-state index is 0.400. The SMILES string of the molecule is CNC(C)(C#N)CCCSc1cc(C)nn1C. The van der Waals surface area contributed by atoms with Crippen LogP contribution in [-0.4, -0.2) is 28.1 Å². The molecule has 1 atom stereocenters. The molecule has 17 heavy (non-hydrogen) atoms. The maximum absolute atomic E-state index is 9.02. The fraction of sp³-hybridized carbons (Fsp3) is 0.667. The largest absolute Gasteiger partial charge is 0.303 e. The summed E-state index contributed by atoms with van der Waals surface area (Å²) >= 11 is 1.79. The molecule has 0 aliphatic heterocycles. The van der Waals surface area contributed by atoms with Crippen LogP contribution in [0.25, 0.3) is 0 Å². The maximum Gasteiger partial charge on any atom is 0.103 e. The highest BCUT2D eigenvalue weighted by molar-refractivity contribution is 7.99. The van der Waals surface area contributed by atoms with Gasteiger partial charge in [0, 0.05) is 7.05 Å². The molecule has 1 unspecified atom stereocenters. The lowest BCUT2D eigenvalue weighted by atomic mass is 9.99. The number of nitriles is 1. The number of aryl methyl sites for hydroxylation is 2. The van der Waals surface area contributed by atoms with E-state index in [0.717, 1.165) is 24.3 Å². The van der Waals surface area contributed by atoms with Crippen molar-refractivity contribution < 1.29 is 0 Å². The van der Waals surface area contributed by atoms with Crippen molar-refractivity contribution in [2.24, 2.45) is 7.05 Å². The molecule has 94 valence electrons. The molecule has 0 saturated carbocycles. The molecule has 1 rings (SSSR count). The van der Waals surface area contributed by atoms with Crippen molar-refractivity contribution in [2.75, 3.05) is 12.8 Å². The lowest BCUT2D eigenvalue weighted by molar-refractivity contribution is 0.451. The van der Waals surface area contributed by atoms with E-state index >= 15 is 0 Å². The van der Waals surface area contributed by atoms with Gasteiger partial charge in [-0.2, -0.15) is 10.4 Å². The van der Waals surface area contributed by atoms with E-state index in [0.29, 0.717) is 0 Å². The number of hydrogen-bond acceptors (Lipinski definition) is 4. The highest BCUT2D eigenvalue weighted by Crippen LogP contribution is 2.21. The number of aromatic nitrogens is 2. The summed E-state index contributed by atoms with van der Waals surface area (Å²) in [5.74, 6) is 1.01. The molecule has 4 nitrogen and oxygen atoms in total. The van der Waals surface area contributed by atoms with Gasteiger partial charge in [0.15, 0.2) is 0 Å². The van der Waals surface area contributed by atoms with Crippen LogP contribution in [0.3, 0.4) is 0 Å². The molecule has 1 aromatic heterocycles. The zero-order valence-corrected chi connectivity index (χ0v) is 11.8. The quantitative estimate of drug-likeness (QED) is 0.622. The molecule has 0 aliphatic rings. The van der Waals surface area contributed by atoms with E-state index in [-0.39, 0.29) is 0 Å². The van der Waals surface area contributed by atoms with Crippen molar-refractivity contribution in [3.63, 3.8) is 0 Å². The van der Waals surface area contributed by atoms with Gasteiger partial charge in [0.25, 0.3) is 0 Å². The van der Waals surface area contributed by atoms with Crippen molar-refractivity contribution >= 4 is 11.8 Å². The van der Waals surface area contributed by atoms with Gasteiger partial charge >= 0.3 is 0 Å². The Labute approximate surface area is 107 Å². The number of thioether (sulfide) groups is 1. The summed E-state index contributed by atoms with van der Waals surface area (Å²) in [6, 6.07) is 4.39. The average Bonchev–Trinajstić information content (AvgIpc) is 2.63. The van der Waals surface area contributed by atoms with Gasteiger partial charge in [-0.3, -0.25) is 4.68 Å². The van der Waals surface area contributed by atoms with E-state index in [1.54, 1.807) is 11.8 Å². The Balaban J connectivity index is 2.34. The second-order valence-electron chi connectivity index (χ2n) is 4.39. The van der Waals surface area contributed by atoms with Crippen LogP contribution in [0.1, 0.15) is 25.5 Å². The summed E-state index contributed by atoms with van der Waals surface area (Å²) in [6.07, 6.45) is 1.88. The lowest BCUT2D eigenvalue weighted by Gasteiger charge is -2.20. The van der Waals surface area contributed by atoms with Crippen molar-refractivity contribution in [3.8, 4) is 6.07 Å². The van der Waals surface area contributed by atoms with Crippen molar-refractivity contribution in [1.82, 2.24) is 15.1 Å². The van der Waals surface area contributed by atoms with E-state index in [1.165, 1.54) is 5.03 Å². The second kappa shape index (κ2) is 6.08. The Morgan fingerprint density at radius 3 is 2.82 bits per heavy atom. The Hall–Kier alpha value is -0.990. The molecule has 0 amide bonds. The standard InChI is InChI=1S/C12H20N4S/c1-10-8-11(16(4)15-10)17-7-5-6-12(2,9-13)14-3/h8,14H,5-7H2,1-4H3. The summed E-state index contributed by atoms with van der Waals surface area (Å²) in [7, 11) is 3.79. The average molecular weight is 252 g/mol. The summed E-state index contributed by atoms with van der Waals surface area (Å²) in [5.41, 5.74) is 0.648. The van der Waals surface area contributed by atoms with Crippen LogP contribution in [-0.2, 0) is 7.05 Å². The van der Waals surface area contributed by atoms with Gasteiger partial charge < -0.3 is 5.32 Å². The van der Waals surface area contributed by atoms with Crippen LogP contribution >= 0.6 is 11.8 Å². The molecule has 1 N–H and O–H groups in total. The van der Waals surface area contributed by atoms with Gasteiger partial charge in [-0.1, -0.05) is 0 Å². The summed E-state index contributed by atoms with van der Waals surface area (Å²) in [5, 5.41) is 17.6. The fourth-order valence-corrected chi connectivity index (χ4v) is 2.54. The Bertz CT molecular complexity index is 407. The molecule has 0 radical (unpaired) electrons. The molecule has 1 aromatic rings. The summed E-state index contributed by atoms with van der Waals surface area (Å²) < 4.78 is 1.90. The van der Waals surface area contributed by atoms with E-state index in [1.807, 2.05) is 32.6 Å². The van der Waals surface area contributed by atoms with E-state index < -0.39 is 5.54 Å². The maximum atomic E-state index is 9.02. The van der Waals surface area contributed by atoms with Gasteiger partial charge in [0.1, 0.15) is 5.54 Å². The first-order chi connectivity index (χ1) is 8.00. The van der Waals surface area contributed by atoms with E-state index in [2.05, 4.69) is 22.6 Å². The number of nitrogens with zero attached hydrogens (tertiary/aromatic N) is 3. The molecule has 0 aromatic carbocycles. The van der Waals surface area contributed by atoms with Gasteiger partial charge in [0.05, 0.1) is 16.8 Å². The van der Waals surface area contributed by atoms with Gasteiger partial charge in [-0.25, -0.2) is 0 Å².